The molecule has 2 heterocycles. The Kier molecular flexibility index (Phi) is 1.62. The largest absolute Gasteiger partial charge is 0.368 e. The fourth-order valence-electron chi connectivity index (χ4n) is 1.29. The van der Waals surface area contributed by atoms with E-state index in [0.29, 0.717) is 5.95 Å². The third-order valence-electron chi connectivity index (χ3n) is 2.02. The highest BCUT2D eigenvalue weighted by atomic mass is 15.0. The molecule has 0 aliphatic heterocycles. The third kappa shape index (κ3) is 1.20. The number of nitrogens with two attached hydrogens (primary N) is 1. The van der Waals surface area contributed by atoms with Crippen LogP contribution in [0.25, 0.3) is 10.9 Å². The summed E-state index contributed by atoms with van der Waals surface area (Å²) >= 11 is 0. The second-order valence-corrected chi connectivity index (χ2v) is 3.02. The molecular formula is C9H10N4. The molecule has 0 saturated carbocycles. The lowest BCUT2D eigenvalue weighted by atomic mass is 10.2. The van der Waals surface area contributed by atoms with Crippen molar-refractivity contribution in [2.45, 2.75) is 13.8 Å². The second-order valence-electron chi connectivity index (χ2n) is 3.02. The first-order valence-corrected chi connectivity index (χ1v) is 4.03. The van der Waals surface area contributed by atoms with Crippen LogP contribution in [-0.4, -0.2) is 15.0 Å². The predicted molar refractivity (Wildman–Crippen MR) is 51.2 cm³/mol. The molecule has 4 heteroatoms. The number of nitrogen functional groups attached to an aromatic ring is 1. The van der Waals surface area contributed by atoms with Crippen LogP contribution in [0.5, 0.6) is 0 Å². The van der Waals surface area contributed by atoms with E-state index >= 15 is 0 Å². The van der Waals surface area contributed by atoms with Crippen molar-refractivity contribution in [1.29, 1.82) is 0 Å². The minimum absolute atomic E-state index is 0.307. The molecule has 0 atom stereocenters. The lowest BCUT2D eigenvalue weighted by Crippen LogP contribution is -1.97. The molecule has 0 bridgehead atoms. The van der Waals surface area contributed by atoms with E-state index in [9.17, 15) is 0 Å². The molecule has 2 rings (SSSR count). The van der Waals surface area contributed by atoms with E-state index in [-0.39, 0.29) is 0 Å². The number of pyridine rings is 1. The average Bonchev–Trinajstić information content (AvgIpc) is 2.12. The molecule has 0 aliphatic rings. The van der Waals surface area contributed by atoms with Crippen molar-refractivity contribution >= 4 is 16.9 Å². The van der Waals surface area contributed by atoms with Crippen molar-refractivity contribution in [3.8, 4) is 0 Å². The number of aryl methyl sites for hydroxylation is 2. The maximum atomic E-state index is 5.50. The van der Waals surface area contributed by atoms with Crippen molar-refractivity contribution in [1.82, 2.24) is 15.0 Å². The van der Waals surface area contributed by atoms with Crippen LogP contribution in [0.1, 0.15) is 11.3 Å². The molecule has 0 amide bonds. The molecule has 4 nitrogen and oxygen atoms in total. The highest BCUT2D eigenvalue weighted by Gasteiger charge is 2.03. The van der Waals surface area contributed by atoms with Gasteiger partial charge in [0, 0.05) is 23.5 Å². The summed E-state index contributed by atoms with van der Waals surface area (Å²) in [4.78, 5) is 12.3. The number of fused-ring (bicyclic) bond motifs is 1. The highest BCUT2D eigenvalue weighted by Crippen LogP contribution is 2.17. The molecule has 0 spiro atoms. The Hall–Kier alpha value is -1.71. The lowest BCUT2D eigenvalue weighted by molar-refractivity contribution is 1.16. The SMILES string of the molecule is Cc1ncc(C)c2nc(N)ncc12. The van der Waals surface area contributed by atoms with Gasteiger partial charge < -0.3 is 5.73 Å². The van der Waals surface area contributed by atoms with Crippen molar-refractivity contribution < 1.29 is 0 Å². The summed E-state index contributed by atoms with van der Waals surface area (Å²) in [5.74, 6) is 0.307. The van der Waals surface area contributed by atoms with E-state index in [1.807, 2.05) is 13.8 Å². The Morgan fingerprint density at radius 3 is 2.69 bits per heavy atom. The van der Waals surface area contributed by atoms with Crippen LogP contribution in [0, 0.1) is 13.8 Å². The first kappa shape index (κ1) is 7.91. The van der Waals surface area contributed by atoms with Crippen molar-refractivity contribution in [2.24, 2.45) is 0 Å². The van der Waals surface area contributed by atoms with E-state index in [1.54, 1.807) is 12.4 Å². The Balaban J connectivity index is 2.92. The number of hydrogen-bond acceptors (Lipinski definition) is 4. The number of nitrogens with zero attached hydrogens (tertiary/aromatic N) is 3. The number of rotatable bonds is 0. The molecule has 2 aromatic rings. The zero-order valence-electron chi connectivity index (χ0n) is 7.57. The fourth-order valence-corrected chi connectivity index (χ4v) is 1.29. The lowest BCUT2D eigenvalue weighted by Gasteiger charge is -2.03. The van der Waals surface area contributed by atoms with Gasteiger partial charge in [0.1, 0.15) is 0 Å². The van der Waals surface area contributed by atoms with Gasteiger partial charge in [-0.2, -0.15) is 0 Å². The Morgan fingerprint density at radius 2 is 1.92 bits per heavy atom. The molecule has 0 radical (unpaired) electrons. The van der Waals surface area contributed by atoms with E-state index in [4.69, 9.17) is 5.73 Å². The van der Waals surface area contributed by atoms with Gasteiger partial charge in [0.2, 0.25) is 5.95 Å². The first-order chi connectivity index (χ1) is 6.18. The van der Waals surface area contributed by atoms with E-state index in [2.05, 4.69) is 15.0 Å². The minimum atomic E-state index is 0.307. The van der Waals surface area contributed by atoms with E-state index in [1.165, 1.54) is 0 Å². The molecule has 0 aliphatic carbocycles. The molecule has 0 fully saturated rings. The number of aromatic nitrogens is 3. The average molecular weight is 174 g/mol. The molecule has 2 N–H and O–H groups in total. The minimum Gasteiger partial charge on any atom is -0.368 e. The van der Waals surface area contributed by atoms with E-state index < -0.39 is 0 Å². The van der Waals surface area contributed by atoms with Gasteiger partial charge in [-0.25, -0.2) is 9.97 Å². The van der Waals surface area contributed by atoms with Crippen LogP contribution in [0.15, 0.2) is 12.4 Å². The Bertz CT molecular complexity index is 464. The van der Waals surface area contributed by atoms with Gasteiger partial charge in [0.25, 0.3) is 0 Å². The van der Waals surface area contributed by atoms with Crippen LogP contribution >= 0.6 is 0 Å². The summed E-state index contributed by atoms with van der Waals surface area (Å²) in [6.07, 6.45) is 3.51. The number of hydrogen-bond donors (Lipinski definition) is 1. The molecule has 66 valence electrons. The summed E-state index contributed by atoms with van der Waals surface area (Å²) in [5, 5.41) is 0.967. The van der Waals surface area contributed by atoms with Gasteiger partial charge in [-0.05, 0) is 19.4 Å². The van der Waals surface area contributed by atoms with Gasteiger partial charge >= 0.3 is 0 Å². The second kappa shape index (κ2) is 2.65. The molecule has 13 heavy (non-hydrogen) atoms. The molecule has 0 aromatic carbocycles. The van der Waals surface area contributed by atoms with Crippen LogP contribution in [-0.2, 0) is 0 Å². The fraction of sp³-hybridized carbons (Fsp3) is 0.222. The molecule has 0 saturated heterocycles. The molecule has 0 unspecified atom stereocenters. The van der Waals surface area contributed by atoms with Crippen LogP contribution in [0.4, 0.5) is 5.95 Å². The van der Waals surface area contributed by atoms with Gasteiger partial charge in [-0.1, -0.05) is 0 Å². The third-order valence-corrected chi connectivity index (χ3v) is 2.02. The van der Waals surface area contributed by atoms with Crippen LogP contribution < -0.4 is 5.73 Å². The quantitative estimate of drug-likeness (QED) is 0.652. The van der Waals surface area contributed by atoms with Crippen molar-refractivity contribution in [3.05, 3.63) is 23.7 Å². The van der Waals surface area contributed by atoms with Gasteiger partial charge in [0.05, 0.1) is 5.52 Å². The molecular weight excluding hydrogens is 164 g/mol. The van der Waals surface area contributed by atoms with Crippen LogP contribution in [0.2, 0.25) is 0 Å². The maximum absolute atomic E-state index is 5.50. The smallest absolute Gasteiger partial charge is 0.220 e. The zero-order valence-corrected chi connectivity index (χ0v) is 7.57. The molecule has 2 aromatic heterocycles. The normalized spacial score (nSPS) is 10.6. The van der Waals surface area contributed by atoms with Crippen LogP contribution in [0.3, 0.4) is 0 Å². The summed E-state index contributed by atoms with van der Waals surface area (Å²) in [6, 6.07) is 0. The summed E-state index contributed by atoms with van der Waals surface area (Å²) in [7, 11) is 0. The highest BCUT2D eigenvalue weighted by molar-refractivity contribution is 5.83. The summed E-state index contributed by atoms with van der Waals surface area (Å²) in [5.41, 5.74) is 8.34. The Morgan fingerprint density at radius 1 is 1.15 bits per heavy atom. The first-order valence-electron chi connectivity index (χ1n) is 4.03. The monoisotopic (exact) mass is 174 g/mol. The van der Waals surface area contributed by atoms with Gasteiger partial charge in [-0.3, -0.25) is 4.98 Å². The standard InChI is InChI=1S/C9H10N4/c1-5-3-11-6(2)7-4-12-9(10)13-8(5)7/h3-4H,1-2H3,(H2,10,12,13). The topological polar surface area (TPSA) is 64.7 Å². The van der Waals surface area contributed by atoms with Crippen molar-refractivity contribution in [3.63, 3.8) is 0 Å². The van der Waals surface area contributed by atoms with Crippen molar-refractivity contribution in [2.75, 3.05) is 5.73 Å². The van der Waals surface area contributed by atoms with E-state index in [0.717, 1.165) is 22.2 Å². The predicted octanol–water partition coefficient (Wildman–Crippen LogP) is 1.22. The van der Waals surface area contributed by atoms with Gasteiger partial charge in [0.15, 0.2) is 0 Å². The van der Waals surface area contributed by atoms with Gasteiger partial charge in [-0.15, -0.1) is 0 Å². The summed E-state index contributed by atoms with van der Waals surface area (Å²) < 4.78 is 0. The number of anilines is 1. The summed E-state index contributed by atoms with van der Waals surface area (Å²) in [6.45, 7) is 3.89. The Labute approximate surface area is 75.8 Å². The zero-order chi connectivity index (χ0) is 9.42. The maximum Gasteiger partial charge on any atom is 0.220 e.